The number of fused-ring (bicyclic) bond motifs is 4. The largest absolute Gasteiger partial charge is 0.456 e. The van der Waals surface area contributed by atoms with Gasteiger partial charge in [0.25, 0.3) is 0 Å². The van der Waals surface area contributed by atoms with Crippen molar-refractivity contribution >= 4 is 44.6 Å². The minimum absolute atomic E-state index is 0.417. The number of carbonyl (C=O) groups is 1. The fraction of sp³-hybridized carbons (Fsp3) is 0. The molecule has 1 N–H and O–H groups in total. The normalized spacial score (nSPS) is 11.1. The second-order valence-electron chi connectivity index (χ2n) is 6.15. The van der Waals surface area contributed by atoms with Gasteiger partial charge in [-0.15, -0.1) is 0 Å². The lowest BCUT2D eigenvalue weighted by Crippen LogP contribution is -2.16. The van der Waals surface area contributed by atoms with Crippen LogP contribution in [0.3, 0.4) is 0 Å². The summed E-state index contributed by atoms with van der Waals surface area (Å²) >= 11 is 0. The molecule has 0 spiro atoms. The first-order valence-corrected chi connectivity index (χ1v) is 8.52. The maximum atomic E-state index is 12.4. The van der Waals surface area contributed by atoms with Crippen LogP contribution in [0, 0.1) is 0 Å². The van der Waals surface area contributed by atoms with Crippen LogP contribution in [0.15, 0.2) is 83.4 Å². The molecule has 0 bridgehead atoms. The number of furan rings is 1. The first kappa shape index (κ1) is 15.4. The van der Waals surface area contributed by atoms with Crippen molar-refractivity contribution < 1.29 is 13.9 Å². The third-order valence-electron chi connectivity index (χ3n) is 4.42. The van der Waals surface area contributed by atoms with Crippen molar-refractivity contribution in [1.29, 1.82) is 0 Å². The molecule has 0 radical (unpaired) electrons. The smallest absolute Gasteiger partial charge is 0.417 e. The highest BCUT2D eigenvalue weighted by atomic mass is 16.6. The molecule has 3 aromatic carbocycles. The van der Waals surface area contributed by atoms with Crippen molar-refractivity contribution in [1.82, 2.24) is 4.98 Å². The maximum absolute atomic E-state index is 12.4. The van der Waals surface area contributed by atoms with E-state index in [1.165, 1.54) is 0 Å². The summed E-state index contributed by atoms with van der Waals surface area (Å²) in [5.74, 6) is 0.417. The number of nitrogens with one attached hydrogen (secondary N) is 1. The van der Waals surface area contributed by atoms with Crippen LogP contribution in [0.25, 0.3) is 32.8 Å². The van der Waals surface area contributed by atoms with Crippen LogP contribution in [0.2, 0.25) is 0 Å². The van der Waals surface area contributed by atoms with Crippen LogP contribution in [0.5, 0.6) is 5.75 Å². The number of amides is 1. The summed E-state index contributed by atoms with van der Waals surface area (Å²) in [5, 5.41) is 5.62. The molecule has 0 saturated heterocycles. The second kappa shape index (κ2) is 6.14. The Morgan fingerprint density at radius 3 is 2.70 bits per heavy atom. The van der Waals surface area contributed by atoms with Gasteiger partial charge in [0.2, 0.25) is 0 Å². The van der Waals surface area contributed by atoms with Gasteiger partial charge < -0.3 is 9.15 Å². The summed E-state index contributed by atoms with van der Waals surface area (Å²) in [6.45, 7) is 0. The number of carbonyl (C=O) groups excluding carboxylic acids is 1. The molecule has 2 heterocycles. The summed E-state index contributed by atoms with van der Waals surface area (Å²) in [6, 6.07) is 22.5. The highest BCUT2D eigenvalue weighted by Crippen LogP contribution is 2.30. The van der Waals surface area contributed by atoms with Gasteiger partial charge in [0, 0.05) is 28.0 Å². The van der Waals surface area contributed by atoms with Crippen molar-refractivity contribution in [2.75, 3.05) is 5.32 Å². The Kier molecular flexibility index (Phi) is 3.50. The molecule has 5 rings (SSSR count). The number of hydrogen-bond acceptors (Lipinski definition) is 4. The van der Waals surface area contributed by atoms with Gasteiger partial charge in [-0.3, -0.25) is 10.3 Å². The maximum Gasteiger partial charge on any atom is 0.417 e. The van der Waals surface area contributed by atoms with Crippen LogP contribution in [-0.4, -0.2) is 11.1 Å². The third-order valence-corrected chi connectivity index (χ3v) is 4.42. The quantitative estimate of drug-likeness (QED) is 0.439. The lowest BCUT2D eigenvalue weighted by Gasteiger charge is -2.08. The van der Waals surface area contributed by atoms with Gasteiger partial charge in [0.15, 0.2) is 5.75 Å². The highest BCUT2D eigenvalue weighted by molar-refractivity contribution is 6.06. The average Bonchev–Trinajstić information content (AvgIpc) is 3.06. The minimum atomic E-state index is -0.569. The van der Waals surface area contributed by atoms with E-state index in [1.54, 1.807) is 18.3 Å². The molecule has 0 saturated carbocycles. The standard InChI is InChI=1S/C22H14N2O3/c25-22(27-20-9-3-5-14-6-4-12-23-21(14)20)24-15-10-11-19-17(13-15)16-7-1-2-8-18(16)26-19/h1-13H,(H,24,25). The molecular weight excluding hydrogens is 340 g/mol. The van der Waals surface area contributed by atoms with Gasteiger partial charge in [-0.1, -0.05) is 36.4 Å². The van der Waals surface area contributed by atoms with E-state index in [0.29, 0.717) is 17.0 Å². The Morgan fingerprint density at radius 2 is 1.74 bits per heavy atom. The van der Waals surface area contributed by atoms with E-state index >= 15 is 0 Å². The topological polar surface area (TPSA) is 64.4 Å². The summed E-state index contributed by atoms with van der Waals surface area (Å²) in [6.07, 6.45) is 1.10. The molecule has 5 heteroatoms. The lowest BCUT2D eigenvalue weighted by molar-refractivity contribution is 0.215. The number of ether oxygens (including phenoxy) is 1. The number of anilines is 1. The van der Waals surface area contributed by atoms with Crippen LogP contribution >= 0.6 is 0 Å². The van der Waals surface area contributed by atoms with Crippen molar-refractivity contribution in [2.24, 2.45) is 0 Å². The number of benzene rings is 3. The number of nitrogens with zero attached hydrogens (tertiary/aromatic N) is 1. The Bertz CT molecular complexity index is 1300. The monoisotopic (exact) mass is 354 g/mol. The molecule has 0 aliphatic heterocycles. The highest BCUT2D eigenvalue weighted by Gasteiger charge is 2.11. The molecule has 5 nitrogen and oxygen atoms in total. The molecule has 0 atom stereocenters. The molecule has 0 fully saturated rings. The Balaban J connectivity index is 1.44. The number of hydrogen-bond donors (Lipinski definition) is 1. The van der Waals surface area contributed by atoms with E-state index in [-0.39, 0.29) is 0 Å². The first-order chi connectivity index (χ1) is 13.3. The van der Waals surface area contributed by atoms with Gasteiger partial charge in [-0.2, -0.15) is 0 Å². The van der Waals surface area contributed by atoms with E-state index in [1.807, 2.05) is 60.7 Å². The molecule has 1 amide bonds. The van der Waals surface area contributed by atoms with Crippen LogP contribution < -0.4 is 10.1 Å². The number of para-hydroxylation sites is 2. The third kappa shape index (κ3) is 2.75. The number of pyridine rings is 1. The van der Waals surface area contributed by atoms with Crippen molar-refractivity contribution in [3.8, 4) is 5.75 Å². The van der Waals surface area contributed by atoms with Gasteiger partial charge in [0.05, 0.1) is 0 Å². The van der Waals surface area contributed by atoms with Crippen molar-refractivity contribution in [2.45, 2.75) is 0 Å². The number of aromatic nitrogens is 1. The van der Waals surface area contributed by atoms with E-state index in [2.05, 4.69) is 10.3 Å². The second-order valence-corrected chi connectivity index (χ2v) is 6.15. The molecular formula is C22H14N2O3. The summed E-state index contributed by atoms with van der Waals surface area (Å²) in [4.78, 5) is 16.7. The van der Waals surface area contributed by atoms with Crippen LogP contribution in [0.1, 0.15) is 0 Å². The summed E-state index contributed by atoms with van der Waals surface area (Å²) < 4.78 is 11.3. The minimum Gasteiger partial charge on any atom is -0.456 e. The van der Waals surface area contributed by atoms with Gasteiger partial charge >= 0.3 is 6.09 Å². The van der Waals surface area contributed by atoms with Crippen molar-refractivity contribution in [3.05, 3.63) is 79.0 Å². The molecule has 0 unspecified atom stereocenters. The predicted octanol–water partition coefficient (Wildman–Crippen LogP) is 5.75. The number of rotatable bonds is 2. The Labute approximate surface area is 154 Å². The lowest BCUT2D eigenvalue weighted by atomic mass is 10.1. The van der Waals surface area contributed by atoms with E-state index in [4.69, 9.17) is 9.15 Å². The zero-order valence-electron chi connectivity index (χ0n) is 14.2. The van der Waals surface area contributed by atoms with Crippen molar-refractivity contribution in [3.63, 3.8) is 0 Å². The Morgan fingerprint density at radius 1 is 0.889 bits per heavy atom. The summed E-state index contributed by atoms with van der Waals surface area (Å²) in [5.41, 5.74) is 2.86. The van der Waals surface area contributed by atoms with E-state index in [0.717, 1.165) is 27.3 Å². The predicted molar refractivity (Wildman–Crippen MR) is 105 cm³/mol. The Hall–Kier alpha value is -3.86. The fourth-order valence-electron chi connectivity index (χ4n) is 3.21. The molecule has 2 aromatic heterocycles. The first-order valence-electron chi connectivity index (χ1n) is 8.52. The zero-order valence-corrected chi connectivity index (χ0v) is 14.2. The summed E-state index contributed by atoms with van der Waals surface area (Å²) in [7, 11) is 0. The van der Waals surface area contributed by atoms with E-state index in [9.17, 15) is 4.79 Å². The van der Waals surface area contributed by atoms with Gasteiger partial charge in [-0.05, 0) is 36.4 Å². The molecule has 0 aliphatic carbocycles. The van der Waals surface area contributed by atoms with Gasteiger partial charge in [-0.25, -0.2) is 4.79 Å². The molecule has 130 valence electrons. The SMILES string of the molecule is O=C(Nc1ccc2oc3ccccc3c2c1)Oc1cccc2cccnc12. The fourth-order valence-corrected chi connectivity index (χ4v) is 3.21. The van der Waals surface area contributed by atoms with Crippen LogP contribution in [0.4, 0.5) is 10.5 Å². The van der Waals surface area contributed by atoms with Crippen LogP contribution in [-0.2, 0) is 0 Å². The molecule has 0 aliphatic rings. The molecule has 5 aromatic rings. The average molecular weight is 354 g/mol. The zero-order chi connectivity index (χ0) is 18.2. The molecule has 27 heavy (non-hydrogen) atoms. The van der Waals surface area contributed by atoms with Gasteiger partial charge in [0.1, 0.15) is 16.7 Å². The van der Waals surface area contributed by atoms with E-state index < -0.39 is 6.09 Å².